The van der Waals surface area contributed by atoms with Crippen LogP contribution in [0.3, 0.4) is 0 Å². The molecule has 3 aromatic carbocycles. The minimum Gasteiger partial charge on any atom is -0.507 e. The lowest BCUT2D eigenvalue weighted by atomic mass is 9.92. The zero-order valence-electron chi connectivity index (χ0n) is 23.7. The molecule has 6 nitrogen and oxygen atoms in total. The van der Waals surface area contributed by atoms with Gasteiger partial charge in [-0.05, 0) is 87.2 Å². The summed E-state index contributed by atoms with van der Waals surface area (Å²) < 4.78 is 5.79. The van der Waals surface area contributed by atoms with Crippen LogP contribution in [0.25, 0.3) is 5.76 Å². The summed E-state index contributed by atoms with van der Waals surface area (Å²) >= 11 is 0. The second kappa shape index (κ2) is 11.8. The molecule has 1 unspecified atom stereocenters. The van der Waals surface area contributed by atoms with Gasteiger partial charge in [0.1, 0.15) is 11.5 Å². The van der Waals surface area contributed by atoms with E-state index in [9.17, 15) is 14.7 Å². The Kier molecular flexibility index (Phi) is 8.44. The molecule has 1 fully saturated rings. The van der Waals surface area contributed by atoms with Crippen LogP contribution in [0.15, 0.2) is 72.3 Å². The Balaban J connectivity index is 1.89. The Morgan fingerprint density at radius 1 is 0.974 bits per heavy atom. The fourth-order valence-corrected chi connectivity index (χ4v) is 5.26. The first kappa shape index (κ1) is 28.0. The van der Waals surface area contributed by atoms with Gasteiger partial charge in [-0.2, -0.15) is 0 Å². The number of aryl methyl sites for hydroxylation is 1. The Morgan fingerprint density at radius 3 is 2.26 bits per heavy atom. The van der Waals surface area contributed by atoms with E-state index in [2.05, 4.69) is 32.6 Å². The number of ketones is 1. The maximum absolute atomic E-state index is 13.6. The molecule has 1 atom stereocenters. The summed E-state index contributed by atoms with van der Waals surface area (Å²) in [7, 11) is 0. The smallest absolute Gasteiger partial charge is 0.300 e. The predicted octanol–water partition coefficient (Wildman–Crippen LogP) is 6.99. The number of ether oxygens (including phenoxy) is 1. The minimum absolute atomic E-state index is 0.0808. The molecule has 0 saturated carbocycles. The zero-order chi connectivity index (χ0) is 28.3. The largest absolute Gasteiger partial charge is 0.507 e. The summed E-state index contributed by atoms with van der Waals surface area (Å²) in [4.78, 5) is 30.9. The van der Waals surface area contributed by atoms with E-state index >= 15 is 0 Å². The molecule has 4 rings (SSSR count). The molecule has 204 valence electrons. The predicted molar refractivity (Wildman–Crippen MR) is 158 cm³/mol. The maximum Gasteiger partial charge on any atom is 0.300 e. The third-order valence-electron chi connectivity index (χ3n) is 7.26. The van der Waals surface area contributed by atoms with Crippen molar-refractivity contribution in [3.05, 3.63) is 94.6 Å². The molecule has 3 aromatic rings. The van der Waals surface area contributed by atoms with Gasteiger partial charge in [0, 0.05) is 30.0 Å². The number of hydrogen-bond acceptors (Lipinski definition) is 5. The average Bonchev–Trinajstić information content (AvgIpc) is 3.19. The van der Waals surface area contributed by atoms with Gasteiger partial charge < -0.3 is 14.7 Å². The normalized spacial score (nSPS) is 16.7. The summed E-state index contributed by atoms with van der Waals surface area (Å²) in [5.74, 6) is -0.667. The van der Waals surface area contributed by atoms with Crippen molar-refractivity contribution in [1.82, 2.24) is 0 Å². The Bertz CT molecular complexity index is 1390. The van der Waals surface area contributed by atoms with Gasteiger partial charge in [0.15, 0.2) is 0 Å². The summed E-state index contributed by atoms with van der Waals surface area (Å²) in [5.41, 5.74) is 4.90. The molecule has 1 N–H and O–H groups in total. The average molecular weight is 527 g/mol. The Hall–Kier alpha value is -4.06. The maximum atomic E-state index is 13.6. The molecule has 0 aliphatic carbocycles. The Labute approximate surface area is 231 Å². The highest BCUT2D eigenvalue weighted by Crippen LogP contribution is 2.43. The number of Topliss-reactive ketones (excluding diaryl/α,β-unsaturated/α-hetero) is 1. The van der Waals surface area contributed by atoms with Crippen LogP contribution in [-0.2, 0) is 9.59 Å². The molecule has 0 spiro atoms. The molecule has 0 bridgehead atoms. The van der Waals surface area contributed by atoms with Crippen LogP contribution in [-0.4, -0.2) is 36.5 Å². The fraction of sp³-hybridized carbons (Fsp3) is 0.333. The van der Waals surface area contributed by atoms with Gasteiger partial charge >= 0.3 is 0 Å². The molecule has 0 aromatic heterocycles. The van der Waals surface area contributed by atoms with E-state index in [4.69, 9.17) is 4.74 Å². The summed E-state index contributed by atoms with van der Waals surface area (Å²) in [6, 6.07) is 20.0. The third kappa shape index (κ3) is 5.42. The number of aliphatic hydroxyl groups is 1. The van der Waals surface area contributed by atoms with E-state index < -0.39 is 17.7 Å². The van der Waals surface area contributed by atoms with Gasteiger partial charge in [0.2, 0.25) is 0 Å². The lowest BCUT2D eigenvalue weighted by Gasteiger charge is -2.27. The van der Waals surface area contributed by atoms with Crippen molar-refractivity contribution >= 4 is 28.8 Å². The highest BCUT2D eigenvalue weighted by Gasteiger charge is 2.47. The van der Waals surface area contributed by atoms with Gasteiger partial charge in [-0.3, -0.25) is 14.5 Å². The van der Waals surface area contributed by atoms with E-state index in [-0.39, 0.29) is 17.3 Å². The van der Waals surface area contributed by atoms with Crippen molar-refractivity contribution in [2.45, 2.75) is 53.5 Å². The van der Waals surface area contributed by atoms with Gasteiger partial charge in [-0.1, -0.05) is 43.7 Å². The molecule has 1 saturated heterocycles. The van der Waals surface area contributed by atoms with Crippen molar-refractivity contribution < 1.29 is 19.4 Å². The second-order valence-electron chi connectivity index (χ2n) is 10.1. The van der Waals surface area contributed by atoms with Crippen molar-refractivity contribution in [1.29, 1.82) is 0 Å². The Morgan fingerprint density at radius 2 is 1.67 bits per heavy atom. The SMILES string of the molecule is CCOc1ccc(/C(O)=C2/C(=O)C(=O)N(c3ccc(N(CC)CC)cc3)C2c2cccc(C)c2)cc1C(C)C. The zero-order valence-corrected chi connectivity index (χ0v) is 23.7. The van der Waals surface area contributed by atoms with Crippen LogP contribution in [0, 0.1) is 6.92 Å². The molecule has 1 aliphatic rings. The number of rotatable bonds is 9. The third-order valence-corrected chi connectivity index (χ3v) is 7.26. The van der Waals surface area contributed by atoms with Crippen LogP contribution in [0.2, 0.25) is 0 Å². The van der Waals surface area contributed by atoms with Crippen LogP contribution < -0.4 is 14.5 Å². The van der Waals surface area contributed by atoms with Gasteiger partial charge in [0.05, 0.1) is 18.2 Å². The molecule has 6 heteroatoms. The highest BCUT2D eigenvalue weighted by atomic mass is 16.5. The quantitative estimate of drug-likeness (QED) is 0.185. The summed E-state index contributed by atoms with van der Waals surface area (Å²) in [5, 5.41) is 11.6. The molecule has 1 amide bonds. The first-order valence-corrected chi connectivity index (χ1v) is 13.7. The minimum atomic E-state index is -0.765. The van der Waals surface area contributed by atoms with Crippen molar-refractivity contribution in [3.63, 3.8) is 0 Å². The van der Waals surface area contributed by atoms with E-state index in [0.717, 1.165) is 41.2 Å². The second-order valence-corrected chi connectivity index (χ2v) is 10.1. The fourth-order valence-electron chi connectivity index (χ4n) is 5.26. The number of benzene rings is 3. The van der Waals surface area contributed by atoms with Gasteiger partial charge in [-0.15, -0.1) is 0 Å². The summed E-state index contributed by atoms with van der Waals surface area (Å²) in [6.07, 6.45) is 0. The van der Waals surface area contributed by atoms with Crippen LogP contribution in [0.4, 0.5) is 11.4 Å². The number of aliphatic hydroxyl groups excluding tert-OH is 1. The van der Waals surface area contributed by atoms with Crippen molar-refractivity contribution in [3.8, 4) is 5.75 Å². The highest BCUT2D eigenvalue weighted by molar-refractivity contribution is 6.51. The lowest BCUT2D eigenvalue weighted by molar-refractivity contribution is -0.132. The standard InChI is InChI=1S/C33H38N2O4/c1-7-34(8-2)25-14-16-26(17-15-25)35-30(23-12-10-11-22(6)19-23)29(32(37)33(35)38)31(36)24-13-18-28(39-9-3)27(20-24)21(4)5/h10-21,30,36H,7-9H2,1-6H3/b31-29-. The van der Waals surface area contributed by atoms with E-state index in [1.807, 2.05) is 74.5 Å². The van der Waals surface area contributed by atoms with Crippen LogP contribution >= 0.6 is 0 Å². The monoisotopic (exact) mass is 526 g/mol. The van der Waals surface area contributed by atoms with E-state index in [0.29, 0.717) is 17.9 Å². The van der Waals surface area contributed by atoms with Crippen LogP contribution in [0.5, 0.6) is 5.75 Å². The first-order chi connectivity index (χ1) is 18.7. The first-order valence-electron chi connectivity index (χ1n) is 13.7. The molecule has 0 radical (unpaired) electrons. The number of carbonyl (C=O) groups excluding carboxylic acids is 2. The molecule has 1 aliphatic heterocycles. The van der Waals surface area contributed by atoms with Gasteiger partial charge in [0.25, 0.3) is 11.7 Å². The molecular weight excluding hydrogens is 488 g/mol. The number of nitrogens with zero attached hydrogens (tertiary/aromatic N) is 2. The number of amides is 1. The van der Waals surface area contributed by atoms with Crippen molar-refractivity contribution in [2.75, 3.05) is 29.5 Å². The van der Waals surface area contributed by atoms with E-state index in [1.54, 1.807) is 6.07 Å². The number of anilines is 2. The van der Waals surface area contributed by atoms with Crippen LogP contribution in [0.1, 0.15) is 68.8 Å². The summed E-state index contributed by atoms with van der Waals surface area (Å²) in [6.45, 7) is 14.4. The molecular formula is C33H38N2O4. The van der Waals surface area contributed by atoms with Crippen molar-refractivity contribution in [2.24, 2.45) is 0 Å². The van der Waals surface area contributed by atoms with E-state index in [1.165, 1.54) is 4.90 Å². The number of carbonyl (C=O) groups is 2. The lowest BCUT2D eigenvalue weighted by Crippen LogP contribution is -2.29. The molecule has 1 heterocycles. The topological polar surface area (TPSA) is 70.1 Å². The molecule has 39 heavy (non-hydrogen) atoms. The van der Waals surface area contributed by atoms with Gasteiger partial charge in [-0.25, -0.2) is 0 Å². The number of hydrogen-bond donors (Lipinski definition) is 1.